The predicted molar refractivity (Wildman–Crippen MR) is 75.8 cm³/mol. The number of hydrogen-bond acceptors (Lipinski definition) is 5. The predicted octanol–water partition coefficient (Wildman–Crippen LogP) is 0.648. The average molecular weight is 299 g/mol. The zero-order valence-electron chi connectivity index (χ0n) is 11.6. The molecule has 20 heavy (non-hydrogen) atoms. The van der Waals surface area contributed by atoms with Gasteiger partial charge in [-0.25, -0.2) is 18.1 Å². The highest BCUT2D eigenvalue weighted by atomic mass is 32.2. The lowest BCUT2D eigenvalue weighted by Crippen LogP contribution is -2.39. The molecule has 0 atom stereocenters. The molecule has 0 aliphatic carbocycles. The highest BCUT2D eigenvalue weighted by molar-refractivity contribution is 7.89. The maximum atomic E-state index is 12.2. The molecule has 2 N–H and O–H groups in total. The number of pyridine rings is 1. The van der Waals surface area contributed by atoms with Gasteiger partial charge in [0.05, 0.1) is 0 Å². The van der Waals surface area contributed by atoms with Crippen LogP contribution < -0.4 is 10.0 Å². The summed E-state index contributed by atoms with van der Waals surface area (Å²) in [6, 6.07) is 3.28. The second-order valence-electron chi connectivity index (χ2n) is 4.79. The minimum atomic E-state index is -3.53. The van der Waals surface area contributed by atoms with Crippen molar-refractivity contribution < 1.29 is 13.2 Å². The molecule has 1 fully saturated rings. The molecule has 0 aromatic carbocycles. The van der Waals surface area contributed by atoms with E-state index in [4.69, 9.17) is 4.74 Å². The van der Waals surface area contributed by atoms with E-state index in [2.05, 4.69) is 15.0 Å². The zero-order valence-corrected chi connectivity index (χ0v) is 12.4. The van der Waals surface area contributed by atoms with Gasteiger partial charge in [0, 0.05) is 32.0 Å². The highest BCUT2D eigenvalue weighted by Crippen LogP contribution is 2.12. The van der Waals surface area contributed by atoms with Gasteiger partial charge in [-0.2, -0.15) is 0 Å². The molecule has 0 bridgehead atoms. The second kappa shape index (κ2) is 7.12. The van der Waals surface area contributed by atoms with Crippen LogP contribution in [-0.2, 0) is 21.3 Å². The molecule has 0 amide bonds. The summed E-state index contributed by atoms with van der Waals surface area (Å²) in [5, 5.41) is 3.24. The van der Waals surface area contributed by atoms with E-state index in [0.717, 1.165) is 12.1 Å². The van der Waals surface area contributed by atoms with Crippen molar-refractivity contribution in [3.05, 3.63) is 23.9 Å². The van der Waals surface area contributed by atoms with E-state index in [9.17, 15) is 8.42 Å². The van der Waals surface area contributed by atoms with E-state index in [1.807, 2.05) is 6.92 Å². The van der Waals surface area contributed by atoms with Crippen molar-refractivity contribution in [2.45, 2.75) is 37.4 Å². The average Bonchev–Trinajstić information content (AvgIpc) is 2.46. The van der Waals surface area contributed by atoms with Crippen LogP contribution in [-0.4, -0.2) is 39.2 Å². The summed E-state index contributed by atoms with van der Waals surface area (Å²) >= 11 is 0. The molecule has 6 nitrogen and oxygen atoms in total. The third-order valence-corrected chi connectivity index (χ3v) is 4.63. The number of hydrogen-bond donors (Lipinski definition) is 2. The lowest BCUT2D eigenvalue weighted by atomic mass is 10.1. The van der Waals surface area contributed by atoms with Crippen LogP contribution in [0.5, 0.6) is 0 Å². The Kier molecular flexibility index (Phi) is 5.47. The molecule has 1 aromatic heterocycles. The minimum Gasteiger partial charge on any atom is -0.381 e. The number of nitrogens with one attached hydrogen (secondary N) is 2. The first-order chi connectivity index (χ1) is 9.62. The summed E-state index contributed by atoms with van der Waals surface area (Å²) in [5.41, 5.74) is 0.969. The number of ether oxygens (including phenoxy) is 1. The Balaban J connectivity index is 2.01. The topological polar surface area (TPSA) is 80.3 Å². The Labute approximate surface area is 120 Å². The first-order valence-corrected chi connectivity index (χ1v) is 8.36. The molecular formula is C13H21N3O3S. The molecule has 1 aromatic rings. The van der Waals surface area contributed by atoms with Crippen molar-refractivity contribution >= 4 is 10.0 Å². The Bertz CT molecular complexity index is 510. The number of nitrogens with zero attached hydrogens (tertiary/aromatic N) is 1. The van der Waals surface area contributed by atoms with Crippen LogP contribution in [0.4, 0.5) is 0 Å². The summed E-state index contributed by atoms with van der Waals surface area (Å²) in [6.07, 6.45) is 3.01. The Morgan fingerprint density at radius 3 is 2.70 bits per heavy atom. The van der Waals surface area contributed by atoms with Crippen molar-refractivity contribution in [2.75, 3.05) is 19.8 Å². The van der Waals surface area contributed by atoms with Crippen molar-refractivity contribution in [3.8, 4) is 0 Å². The van der Waals surface area contributed by atoms with Gasteiger partial charge in [-0.05, 0) is 31.0 Å². The molecule has 0 spiro atoms. The standard InChI is InChI=1S/C13H21N3O3S/c1-2-14-9-11-3-4-13(15-10-11)20(17,18)16-12-5-7-19-8-6-12/h3-4,10,12,14,16H,2,5-9H2,1H3. The van der Waals surface area contributed by atoms with E-state index in [0.29, 0.717) is 32.6 Å². The van der Waals surface area contributed by atoms with Crippen molar-refractivity contribution in [1.82, 2.24) is 15.0 Å². The van der Waals surface area contributed by atoms with Crippen LogP contribution in [0.3, 0.4) is 0 Å². The fraction of sp³-hybridized carbons (Fsp3) is 0.615. The third-order valence-electron chi connectivity index (χ3n) is 3.20. The number of aromatic nitrogens is 1. The van der Waals surface area contributed by atoms with Gasteiger partial charge >= 0.3 is 0 Å². The van der Waals surface area contributed by atoms with Crippen LogP contribution in [0.15, 0.2) is 23.4 Å². The largest absolute Gasteiger partial charge is 0.381 e. The molecule has 0 radical (unpaired) electrons. The first-order valence-electron chi connectivity index (χ1n) is 6.87. The fourth-order valence-electron chi connectivity index (χ4n) is 2.04. The van der Waals surface area contributed by atoms with Crippen molar-refractivity contribution in [3.63, 3.8) is 0 Å². The van der Waals surface area contributed by atoms with Crippen LogP contribution in [0.2, 0.25) is 0 Å². The normalized spacial score (nSPS) is 17.2. The lowest BCUT2D eigenvalue weighted by Gasteiger charge is -2.22. The van der Waals surface area contributed by atoms with Gasteiger partial charge in [0.25, 0.3) is 10.0 Å². The summed E-state index contributed by atoms with van der Waals surface area (Å²) in [4.78, 5) is 4.05. The second-order valence-corrected chi connectivity index (χ2v) is 6.45. The van der Waals surface area contributed by atoms with Crippen LogP contribution in [0.1, 0.15) is 25.3 Å². The summed E-state index contributed by atoms with van der Waals surface area (Å²) in [7, 11) is -3.53. The Hall–Kier alpha value is -1.02. The van der Waals surface area contributed by atoms with E-state index >= 15 is 0 Å². The van der Waals surface area contributed by atoms with Gasteiger partial charge in [0.2, 0.25) is 0 Å². The minimum absolute atomic E-state index is 0.0583. The van der Waals surface area contributed by atoms with E-state index in [-0.39, 0.29) is 11.1 Å². The van der Waals surface area contributed by atoms with Crippen LogP contribution in [0, 0.1) is 0 Å². The Morgan fingerprint density at radius 1 is 1.35 bits per heavy atom. The van der Waals surface area contributed by atoms with Crippen LogP contribution in [0.25, 0.3) is 0 Å². The molecule has 2 rings (SSSR count). The first kappa shape index (κ1) is 15.4. The summed E-state index contributed by atoms with van der Waals surface area (Å²) < 4.78 is 32.3. The molecule has 112 valence electrons. The molecule has 2 heterocycles. The van der Waals surface area contributed by atoms with Gasteiger partial charge in [0.15, 0.2) is 5.03 Å². The SMILES string of the molecule is CCNCc1ccc(S(=O)(=O)NC2CCOCC2)nc1. The van der Waals surface area contributed by atoms with Crippen LogP contribution >= 0.6 is 0 Å². The van der Waals surface area contributed by atoms with Gasteiger partial charge in [-0.3, -0.25) is 0 Å². The van der Waals surface area contributed by atoms with Gasteiger partial charge in [-0.1, -0.05) is 13.0 Å². The molecule has 0 saturated carbocycles. The van der Waals surface area contributed by atoms with Crippen molar-refractivity contribution in [1.29, 1.82) is 0 Å². The summed E-state index contributed by atoms with van der Waals surface area (Å²) in [5.74, 6) is 0. The highest BCUT2D eigenvalue weighted by Gasteiger charge is 2.22. The molecule has 1 aliphatic rings. The smallest absolute Gasteiger partial charge is 0.258 e. The maximum absolute atomic E-state index is 12.2. The number of rotatable bonds is 6. The lowest BCUT2D eigenvalue weighted by molar-refractivity contribution is 0.0832. The van der Waals surface area contributed by atoms with Gasteiger partial charge < -0.3 is 10.1 Å². The van der Waals surface area contributed by atoms with E-state index in [1.165, 1.54) is 0 Å². The summed E-state index contributed by atoms with van der Waals surface area (Å²) in [6.45, 7) is 4.77. The quantitative estimate of drug-likeness (QED) is 0.806. The van der Waals surface area contributed by atoms with Crippen molar-refractivity contribution in [2.24, 2.45) is 0 Å². The molecule has 0 unspecified atom stereocenters. The maximum Gasteiger partial charge on any atom is 0.258 e. The monoisotopic (exact) mass is 299 g/mol. The van der Waals surface area contributed by atoms with Gasteiger partial charge in [-0.15, -0.1) is 0 Å². The third kappa shape index (κ3) is 4.24. The Morgan fingerprint density at radius 2 is 2.10 bits per heavy atom. The molecule has 1 saturated heterocycles. The molecule has 1 aliphatic heterocycles. The molecule has 7 heteroatoms. The van der Waals surface area contributed by atoms with Gasteiger partial charge in [0.1, 0.15) is 0 Å². The van der Waals surface area contributed by atoms with E-state index < -0.39 is 10.0 Å². The fourth-order valence-corrected chi connectivity index (χ4v) is 3.27. The number of sulfonamides is 1. The zero-order chi connectivity index (χ0) is 14.4. The van der Waals surface area contributed by atoms with E-state index in [1.54, 1.807) is 18.3 Å². The molecular weight excluding hydrogens is 278 g/mol.